The van der Waals surface area contributed by atoms with Crippen LogP contribution in [0.3, 0.4) is 0 Å². The fourth-order valence-electron chi connectivity index (χ4n) is 3.63. The SMILES string of the molecule is CCN(C1CCCC1)C(CN)c1cc(C)cc(C)c1. The summed E-state index contributed by atoms with van der Waals surface area (Å²) >= 11 is 0. The number of rotatable bonds is 5. The van der Waals surface area contributed by atoms with Crippen LogP contribution < -0.4 is 5.73 Å². The Balaban J connectivity index is 2.25. The quantitative estimate of drug-likeness (QED) is 0.877. The summed E-state index contributed by atoms with van der Waals surface area (Å²) in [5.41, 5.74) is 10.2. The Labute approximate surface area is 118 Å². The molecule has 0 aliphatic heterocycles. The normalized spacial score (nSPS) is 18.2. The van der Waals surface area contributed by atoms with Gasteiger partial charge in [0.1, 0.15) is 0 Å². The Morgan fingerprint density at radius 1 is 1.16 bits per heavy atom. The topological polar surface area (TPSA) is 29.3 Å². The van der Waals surface area contributed by atoms with Gasteiger partial charge in [-0.15, -0.1) is 0 Å². The minimum atomic E-state index is 0.381. The Kier molecular flexibility index (Phi) is 5.00. The van der Waals surface area contributed by atoms with Crippen LogP contribution >= 0.6 is 0 Å². The molecule has 0 radical (unpaired) electrons. The van der Waals surface area contributed by atoms with Crippen LogP contribution in [0.2, 0.25) is 0 Å². The fourth-order valence-corrected chi connectivity index (χ4v) is 3.63. The van der Waals surface area contributed by atoms with Gasteiger partial charge in [-0.3, -0.25) is 4.90 Å². The highest BCUT2D eigenvalue weighted by Crippen LogP contribution is 2.31. The van der Waals surface area contributed by atoms with Gasteiger partial charge in [0, 0.05) is 18.6 Å². The molecule has 106 valence electrons. The highest BCUT2D eigenvalue weighted by atomic mass is 15.2. The molecule has 0 heterocycles. The number of hydrogen-bond acceptors (Lipinski definition) is 2. The molecule has 19 heavy (non-hydrogen) atoms. The van der Waals surface area contributed by atoms with E-state index in [0.29, 0.717) is 12.6 Å². The lowest BCUT2D eigenvalue weighted by molar-refractivity contribution is 0.147. The van der Waals surface area contributed by atoms with E-state index in [1.807, 2.05) is 0 Å². The summed E-state index contributed by atoms with van der Waals surface area (Å²) in [6.07, 6.45) is 5.45. The molecular formula is C17H28N2. The summed E-state index contributed by atoms with van der Waals surface area (Å²) in [4.78, 5) is 2.63. The molecule has 1 aromatic carbocycles. The van der Waals surface area contributed by atoms with E-state index < -0.39 is 0 Å². The first kappa shape index (κ1) is 14.5. The summed E-state index contributed by atoms with van der Waals surface area (Å²) in [6.45, 7) is 8.43. The highest BCUT2D eigenvalue weighted by molar-refractivity contribution is 5.31. The second-order valence-electron chi connectivity index (χ2n) is 5.94. The second-order valence-corrected chi connectivity index (χ2v) is 5.94. The molecule has 1 unspecified atom stereocenters. The molecule has 0 spiro atoms. The molecule has 1 fully saturated rings. The monoisotopic (exact) mass is 260 g/mol. The van der Waals surface area contributed by atoms with E-state index in [2.05, 4.69) is 43.9 Å². The maximum atomic E-state index is 6.11. The zero-order valence-electron chi connectivity index (χ0n) is 12.7. The van der Waals surface area contributed by atoms with Crippen molar-refractivity contribution in [1.29, 1.82) is 0 Å². The Morgan fingerprint density at radius 3 is 2.21 bits per heavy atom. The number of likely N-dealkylation sites (N-methyl/N-ethyl adjacent to an activating group) is 1. The average Bonchev–Trinajstić information content (AvgIpc) is 2.87. The van der Waals surface area contributed by atoms with Crippen molar-refractivity contribution in [2.45, 2.75) is 58.5 Å². The van der Waals surface area contributed by atoms with E-state index in [0.717, 1.165) is 12.6 Å². The summed E-state index contributed by atoms with van der Waals surface area (Å²) in [7, 11) is 0. The van der Waals surface area contributed by atoms with Crippen molar-refractivity contribution in [3.63, 3.8) is 0 Å². The van der Waals surface area contributed by atoms with Crippen LogP contribution in [0.25, 0.3) is 0 Å². The molecule has 2 nitrogen and oxygen atoms in total. The molecule has 2 N–H and O–H groups in total. The number of aryl methyl sites for hydroxylation is 2. The minimum Gasteiger partial charge on any atom is -0.329 e. The third-order valence-electron chi connectivity index (χ3n) is 4.41. The van der Waals surface area contributed by atoms with Gasteiger partial charge in [-0.2, -0.15) is 0 Å². The summed E-state index contributed by atoms with van der Waals surface area (Å²) in [5.74, 6) is 0. The van der Waals surface area contributed by atoms with Crippen LogP contribution in [-0.2, 0) is 0 Å². The predicted molar refractivity (Wildman–Crippen MR) is 82.3 cm³/mol. The lowest BCUT2D eigenvalue weighted by atomic mass is 9.98. The van der Waals surface area contributed by atoms with Gasteiger partial charge in [0.15, 0.2) is 0 Å². The van der Waals surface area contributed by atoms with Crippen molar-refractivity contribution in [3.05, 3.63) is 34.9 Å². The van der Waals surface area contributed by atoms with E-state index in [9.17, 15) is 0 Å². The van der Waals surface area contributed by atoms with Crippen molar-refractivity contribution >= 4 is 0 Å². The zero-order valence-corrected chi connectivity index (χ0v) is 12.7. The van der Waals surface area contributed by atoms with E-state index in [4.69, 9.17) is 5.73 Å². The molecule has 0 bridgehead atoms. The van der Waals surface area contributed by atoms with E-state index in [1.165, 1.54) is 42.4 Å². The molecule has 0 amide bonds. The summed E-state index contributed by atoms with van der Waals surface area (Å²) in [6, 6.07) is 7.97. The first-order valence-corrected chi connectivity index (χ1v) is 7.69. The molecule has 1 atom stereocenters. The van der Waals surface area contributed by atoms with Crippen LogP contribution in [0.4, 0.5) is 0 Å². The van der Waals surface area contributed by atoms with Crippen molar-refractivity contribution < 1.29 is 0 Å². The highest BCUT2D eigenvalue weighted by Gasteiger charge is 2.27. The van der Waals surface area contributed by atoms with E-state index in [-0.39, 0.29) is 0 Å². The van der Waals surface area contributed by atoms with Crippen LogP contribution in [0.1, 0.15) is 55.3 Å². The van der Waals surface area contributed by atoms with Crippen molar-refractivity contribution in [2.75, 3.05) is 13.1 Å². The number of nitrogens with two attached hydrogens (primary N) is 1. The second kappa shape index (κ2) is 6.53. The molecule has 0 saturated heterocycles. The van der Waals surface area contributed by atoms with Crippen LogP contribution in [0, 0.1) is 13.8 Å². The maximum absolute atomic E-state index is 6.11. The summed E-state index contributed by atoms with van der Waals surface area (Å²) in [5, 5.41) is 0. The molecule has 2 heteroatoms. The van der Waals surface area contributed by atoms with Gasteiger partial charge in [-0.05, 0) is 38.8 Å². The first-order chi connectivity index (χ1) is 9.15. The predicted octanol–water partition coefficient (Wildman–Crippen LogP) is 3.57. The van der Waals surface area contributed by atoms with Gasteiger partial charge in [-0.25, -0.2) is 0 Å². The molecule has 2 rings (SSSR count). The van der Waals surface area contributed by atoms with Gasteiger partial charge in [0.25, 0.3) is 0 Å². The van der Waals surface area contributed by atoms with Gasteiger partial charge < -0.3 is 5.73 Å². The van der Waals surface area contributed by atoms with Crippen LogP contribution in [0.15, 0.2) is 18.2 Å². The van der Waals surface area contributed by atoms with Gasteiger partial charge in [0.05, 0.1) is 0 Å². The Bertz CT molecular complexity index is 387. The van der Waals surface area contributed by atoms with E-state index in [1.54, 1.807) is 0 Å². The molecule has 0 aromatic heterocycles. The van der Waals surface area contributed by atoms with Gasteiger partial charge in [0.2, 0.25) is 0 Å². The number of benzene rings is 1. The lowest BCUT2D eigenvalue weighted by Crippen LogP contribution is -2.40. The Morgan fingerprint density at radius 2 is 1.74 bits per heavy atom. The molecule has 1 saturated carbocycles. The smallest absolute Gasteiger partial charge is 0.0473 e. The molecular weight excluding hydrogens is 232 g/mol. The lowest BCUT2D eigenvalue weighted by Gasteiger charge is -2.35. The molecule has 1 aromatic rings. The van der Waals surface area contributed by atoms with Crippen molar-refractivity contribution in [2.24, 2.45) is 5.73 Å². The average molecular weight is 260 g/mol. The third-order valence-corrected chi connectivity index (χ3v) is 4.41. The van der Waals surface area contributed by atoms with E-state index >= 15 is 0 Å². The Hall–Kier alpha value is -0.860. The largest absolute Gasteiger partial charge is 0.329 e. The maximum Gasteiger partial charge on any atom is 0.0473 e. The third kappa shape index (κ3) is 3.37. The van der Waals surface area contributed by atoms with Gasteiger partial charge >= 0.3 is 0 Å². The van der Waals surface area contributed by atoms with Crippen molar-refractivity contribution in [1.82, 2.24) is 4.90 Å². The zero-order chi connectivity index (χ0) is 13.8. The van der Waals surface area contributed by atoms with Crippen molar-refractivity contribution in [3.8, 4) is 0 Å². The fraction of sp³-hybridized carbons (Fsp3) is 0.647. The number of hydrogen-bond donors (Lipinski definition) is 1. The standard InChI is InChI=1S/C17H28N2/c1-4-19(16-7-5-6-8-16)17(12-18)15-10-13(2)9-14(3)11-15/h9-11,16-17H,4-8,12,18H2,1-3H3. The van der Waals surface area contributed by atoms with Crippen LogP contribution in [-0.4, -0.2) is 24.0 Å². The number of nitrogens with zero attached hydrogens (tertiary/aromatic N) is 1. The summed E-state index contributed by atoms with van der Waals surface area (Å²) < 4.78 is 0. The first-order valence-electron chi connectivity index (χ1n) is 7.69. The van der Waals surface area contributed by atoms with Gasteiger partial charge in [-0.1, -0.05) is 49.1 Å². The minimum absolute atomic E-state index is 0.381. The van der Waals surface area contributed by atoms with Crippen LogP contribution in [0.5, 0.6) is 0 Å². The molecule has 1 aliphatic rings. The molecule has 1 aliphatic carbocycles.